The third-order valence-corrected chi connectivity index (χ3v) is 4.32. The summed E-state index contributed by atoms with van der Waals surface area (Å²) in [7, 11) is 0. The lowest BCUT2D eigenvalue weighted by Gasteiger charge is -2.34. The van der Waals surface area contributed by atoms with Crippen molar-refractivity contribution in [3.63, 3.8) is 0 Å². The van der Waals surface area contributed by atoms with Crippen LogP contribution in [0.4, 0.5) is 11.4 Å². The number of nitrogens with one attached hydrogen (secondary N) is 1. The Bertz CT molecular complexity index is 711. The lowest BCUT2D eigenvalue weighted by molar-refractivity contribution is -0.118. The molecule has 0 bridgehead atoms. The molecule has 1 N–H and O–H groups in total. The summed E-state index contributed by atoms with van der Waals surface area (Å²) in [4.78, 5) is 26.8. The van der Waals surface area contributed by atoms with E-state index in [0.29, 0.717) is 13.0 Å². The van der Waals surface area contributed by atoms with E-state index in [-0.39, 0.29) is 5.91 Å². The molecule has 0 saturated carbocycles. The van der Waals surface area contributed by atoms with Gasteiger partial charge in [-0.05, 0) is 36.4 Å². The average Bonchev–Trinajstić information content (AvgIpc) is 2.69. The predicted octanol–water partition coefficient (Wildman–Crippen LogP) is 2.37. The van der Waals surface area contributed by atoms with Gasteiger partial charge in [-0.1, -0.05) is 18.2 Å². The van der Waals surface area contributed by atoms with E-state index < -0.39 is 0 Å². The van der Waals surface area contributed by atoms with Crippen molar-refractivity contribution in [1.82, 2.24) is 4.90 Å². The molecule has 0 spiro atoms. The Labute approximate surface area is 153 Å². The first-order valence-electron chi connectivity index (χ1n) is 8.76. The van der Waals surface area contributed by atoms with Crippen LogP contribution in [0.3, 0.4) is 0 Å². The van der Waals surface area contributed by atoms with Crippen molar-refractivity contribution in [1.29, 1.82) is 0 Å². The van der Waals surface area contributed by atoms with Gasteiger partial charge in [0.25, 0.3) is 0 Å². The van der Waals surface area contributed by atoms with Crippen molar-refractivity contribution in [2.75, 3.05) is 43.0 Å². The van der Waals surface area contributed by atoms with Gasteiger partial charge in [-0.2, -0.15) is 0 Å². The highest BCUT2D eigenvalue weighted by Crippen LogP contribution is 2.19. The molecule has 1 heterocycles. The summed E-state index contributed by atoms with van der Waals surface area (Å²) < 4.78 is 5.53. The maximum absolute atomic E-state index is 12.0. The molecule has 1 fully saturated rings. The van der Waals surface area contributed by atoms with Crippen molar-refractivity contribution in [2.45, 2.75) is 6.42 Å². The Balaban J connectivity index is 1.43. The molecule has 2 amide bonds. The number of rotatable bonds is 7. The van der Waals surface area contributed by atoms with Crippen LogP contribution in [-0.4, -0.2) is 50.0 Å². The van der Waals surface area contributed by atoms with Gasteiger partial charge in [0.2, 0.25) is 12.3 Å². The lowest BCUT2D eigenvalue weighted by atomic mass is 10.2. The van der Waals surface area contributed by atoms with Crippen molar-refractivity contribution >= 4 is 23.7 Å². The van der Waals surface area contributed by atoms with Gasteiger partial charge in [0, 0.05) is 37.6 Å². The number of amides is 2. The van der Waals surface area contributed by atoms with Crippen LogP contribution >= 0.6 is 0 Å². The standard InChI is InChI=1S/C20H23N3O3/c24-16-22-11-13-23(14-12-22)18-8-6-17(7-9-18)21-20(25)10-15-26-19-4-2-1-3-5-19/h1-9,16H,10-15H2,(H,21,25). The van der Waals surface area contributed by atoms with E-state index in [0.717, 1.165) is 49.7 Å². The third-order valence-electron chi connectivity index (χ3n) is 4.32. The SMILES string of the molecule is O=CN1CCN(c2ccc(NC(=O)CCOc3ccccc3)cc2)CC1. The third kappa shape index (κ3) is 4.99. The summed E-state index contributed by atoms with van der Waals surface area (Å²) in [5, 5.41) is 2.88. The molecule has 26 heavy (non-hydrogen) atoms. The van der Waals surface area contributed by atoms with Crippen LogP contribution < -0.4 is 15.0 Å². The highest BCUT2D eigenvalue weighted by Gasteiger charge is 2.15. The molecule has 0 aliphatic carbocycles. The molecule has 0 atom stereocenters. The van der Waals surface area contributed by atoms with Crippen LogP contribution in [0.1, 0.15) is 6.42 Å². The van der Waals surface area contributed by atoms with E-state index in [1.54, 1.807) is 4.90 Å². The number of hydrogen-bond donors (Lipinski definition) is 1. The summed E-state index contributed by atoms with van der Waals surface area (Å²) in [5.74, 6) is 0.688. The first-order valence-corrected chi connectivity index (χ1v) is 8.76. The fourth-order valence-electron chi connectivity index (χ4n) is 2.84. The Morgan fingerprint density at radius 1 is 1.00 bits per heavy atom. The monoisotopic (exact) mass is 353 g/mol. The molecule has 136 valence electrons. The van der Waals surface area contributed by atoms with E-state index in [2.05, 4.69) is 10.2 Å². The van der Waals surface area contributed by atoms with Crippen LogP contribution in [0.15, 0.2) is 54.6 Å². The molecule has 6 heteroatoms. The fourth-order valence-corrected chi connectivity index (χ4v) is 2.84. The number of para-hydroxylation sites is 1. The van der Waals surface area contributed by atoms with Crippen molar-refractivity contribution in [2.24, 2.45) is 0 Å². The molecule has 1 aliphatic rings. The predicted molar refractivity (Wildman–Crippen MR) is 101 cm³/mol. The Morgan fingerprint density at radius 3 is 2.35 bits per heavy atom. The minimum absolute atomic E-state index is 0.0757. The highest BCUT2D eigenvalue weighted by atomic mass is 16.5. The van der Waals surface area contributed by atoms with Crippen molar-refractivity contribution < 1.29 is 14.3 Å². The van der Waals surface area contributed by atoms with Crippen molar-refractivity contribution in [3.05, 3.63) is 54.6 Å². The van der Waals surface area contributed by atoms with Gasteiger partial charge in [-0.3, -0.25) is 9.59 Å². The second kappa shape index (κ2) is 8.89. The van der Waals surface area contributed by atoms with Gasteiger partial charge in [0.1, 0.15) is 5.75 Å². The number of benzene rings is 2. The Morgan fingerprint density at radius 2 is 1.69 bits per heavy atom. The maximum Gasteiger partial charge on any atom is 0.227 e. The number of nitrogens with zero attached hydrogens (tertiary/aromatic N) is 2. The molecule has 2 aromatic rings. The largest absolute Gasteiger partial charge is 0.493 e. The zero-order valence-electron chi connectivity index (χ0n) is 14.6. The number of hydrogen-bond acceptors (Lipinski definition) is 4. The normalized spacial score (nSPS) is 14.0. The molecule has 6 nitrogen and oxygen atoms in total. The minimum atomic E-state index is -0.0757. The van der Waals surface area contributed by atoms with Gasteiger partial charge in [0.15, 0.2) is 0 Å². The van der Waals surface area contributed by atoms with Gasteiger partial charge < -0.3 is 19.9 Å². The van der Waals surface area contributed by atoms with Gasteiger partial charge in [-0.15, -0.1) is 0 Å². The highest BCUT2D eigenvalue weighted by molar-refractivity contribution is 5.90. The smallest absolute Gasteiger partial charge is 0.227 e. The average molecular weight is 353 g/mol. The molecule has 2 aromatic carbocycles. The van der Waals surface area contributed by atoms with Crippen molar-refractivity contribution in [3.8, 4) is 5.75 Å². The molecular weight excluding hydrogens is 330 g/mol. The van der Waals surface area contributed by atoms with Gasteiger partial charge in [0.05, 0.1) is 13.0 Å². The second-order valence-electron chi connectivity index (χ2n) is 6.13. The van der Waals surface area contributed by atoms with Crippen LogP contribution in [-0.2, 0) is 9.59 Å². The van der Waals surface area contributed by atoms with Crippen LogP contribution in [0.5, 0.6) is 5.75 Å². The van der Waals surface area contributed by atoms with E-state index in [1.807, 2.05) is 54.6 Å². The summed E-state index contributed by atoms with van der Waals surface area (Å²) in [5.41, 5.74) is 1.87. The number of carbonyl (C=O) groups excluding carboxylic acids is 2. The van der Waals surface area contributed by atoms with E-state index in [4.69, 9.17) is 4.74 Å². The summed E-state index contributed by atoms with van der Waals surface area (Å²) >= 11 is 0. The van der Waals surface area contributed by atoms with E-state index in [9.17, 15) is 9.59 Å². The molecule has 0 aromatic heterocycles. The number of piperazine rings is 1. The molecular formula is C20H23N3O3. The summed E-state index contributed by atoms with van der Waals surface area (Å²) in [6.07, 6.45) is 1.20. The Kier molecular flexibility index (Phi) is 6.09. The van der Waals surface area contributed by atoms with Crippen LogP contribution in [0.2, 0.25) is 0 Å². The van der Waals surface area contributed by atoms with E-state index in [1.165, 1.54) is 0 Å². The topological polar surface area (TPSA) is 61.9 Å². The maximum atomic E-state index is 12.0. The molecule has 0 radical (unpaired) electrons. The van der Waals surface area contributed by atoms with E-state index >= 15 is 0 Å². The second-order valence-corrected chi connectivity index (χ2v) is 6.13. The quantitative estimate of drug-likeness (QED) is 0.777. The first-order chi connectivity index (χ1) is 12.7. The lowest BCUT2D eigenvalue weighted by Crippen LogP contribution is -2.45. The number of ether oxygens (including phenoxy) is 1. The number of anilines is 2. The summed E-state index contributed by atoms with van der Waals surface area (Å²) in [6.45, 7) is 3.46. The fraction of sp³-hybridized carbons (Fsp3) is 0.300. The molecule has 3 rings (SSSR count). The van der Waals surface area contributed by atoms with Crippen LogP contribution in [0.25, 0.3) is 0 Å². The van der Waals surface area contributed by atoms with Crippen LogP contribution in [0, 0.1) is 0 Å². The van der Waals surface area contributed by atoms with Gasteiger partial charge in [-0.25, -0.2) is 0 Å². The molecule has 1 saturated heterocycles. The van der Waals surface area contributed by atoms with Gasteiger partial charge >= 0.3 is 0 Å². The number of carbonyl (C=O) groups is 2. The first kappa shape index (κ1) is 17.8. The minimum Gasteiger partial charge on any atom is -0.493 e. The summed E-state index contributed by atoms with van der Waals surface area (Å²) in [6, 6.07) is 17.2. The molecule has 0 unspecified atom stereocenters. The Hall–Kier alpha value is -3.02. The zero-order chi connectivity index (χ0) is 18.2. The zero-order valence-corrected chi connectivity index (χ0v) is 14.6. The molecule has 1 aliphatic heterocycles.